The van der Waals surface area contributed by atoms with Crippen LogP contribution in [-0.4, -0.2) is 22.3 Å². The van der Waals surface area contributed by atoms with Gasteiger partial charge in [0.25, 0.3) is 0 Å². The molecule has 0 spiro atoms. The molecule has 2 heterocycles. The molecule has 124 valence electrons. The summed E-state index contributed by atoms with van der Waals surface area (Å²) < 4.78 is 24.2. The van der Waals surface area contributed by atoms with Gasteiger partial charge in [-0.2, -0.15) is 5.10 Å². The van der Waals surface area contributed by atoms with Crippen LogP contribution in [0.15, 0.2) is 60.8 Å². The molecular weight excluding hydrogens is 321 g/mol. The zero-order valence-electron chi connectivity index (χ0n) is 13.4. The van der Waals surface area contributed by atoms with Crippen LogP contribution in [0, 0.1) is 5.82 Å². The van der Waals surface area contributed by atoms with Crippen LogP contribution in [0.1, 0.15) is 0 Å². The van der Waals surface area contributed by atoms with Crippen LogP contribution in [0.5, 0.6) is 17.4 Å². The van der Waals surface area contributed by atoms with Crippen LogP contribution >= 0.6 is 0 Å². The standard InChI is InChI=1S/C19H14FN3O2/c1-24-18-10-14(7-8-15(18)20)25-19-4-2-3-16(22-19)12-5-6-13-11-21-23-17(13)9-12/h2-11H,1H3,(H,21,23). The molecule has 5 nitrogen and oxygen atoms in total. The summed E-state index contributed by atoms with van der Waals surface area (Å²) in [6, 6.07) is 15.8. The van der Waals surface area contributed by atoms with E-state index in [1.807, 2.05) is 30.3 Å². The first kappa shape index (κ1) is 15.1. The number of aromatic amines is 1. The molecule has 0 radical (unpaired) electrons. The lowest BCUT2D eigenvalue weighted by atomic mass is 10.1. The van der Waals surface area contributed by atoms with E-state index in [9.17, 15) is 4.39 Å². The van der Waals surface area contributed by atoms with Crippen LogP contribution < -0.4 is 9.47 Å². The molecule has 4 rings (SSSR count). The summed E-state index contributed by atoms with van der Waals surface area (Å²) in [4.78, 5) is 4.52. The minimum atomic E-state index is -0.440. The second-order valence-electron chi connectivity index (χ2n) is 5.43. The molecule has 0 fully saturated rings. The van der Waals surface area contributed by atoms with Crippen molar-refractivity contribution < 1.29 is 13.9 Å². The Bertz CT molecular complexity index is 1050. The lowest BCUT2D eigenvalue weighted by Crippen LogP contribution is -1.92. The Morgan fingerprint density at radius 1 is 1.04 bits per heavy atom. The van der Waals surface area contributed by atoms with E-state index in [0.29, 0.717) is 11.6 Å². The topological polar surface area (TPSA) is 60.0 Å². The molecule has 0 amide bonds. The van der Waals surface area contributed by atoms with E-state index in [1.165, 1.54) is 25.3 Å². The normalized spacial score (nSPS) is 10.8. The monoisotopic (exact) mass is 335 g/mol. The molecule has 25 heavy (non-hydrogen) atoms. The highest BCUT2D eigenvalue weighted by molar-refractivity contribution is 5.83. The molecular formula is C19H14FN3O2. The third-order valence-corrected chi connectivity index (χ3v) is 3.81. The number of nitrogens with zero attached hydrogens (tertiary/aromatic N) is 2. The van der Waals surface area contributed by atoms with Gasteiger partial charge in [0.2, 0.25) is 5.88 Å². The zero-order chi connectivity index (χ0) is 17.2. The quantitative estimate of drug-likeness (QED) is 0.594. The largest absolute Gasteiger partial charge is 0.494 e. The molecule has 0 atom stereocenters. The zero-order valence-corrected chi connectivity index (χ0v) is 13.4. The summed E-state index contributed by atoms with van der Waals surface area (Å²) in [5.74, 6) is 0.547. The summed E-state index contributed by atoms with van der Waals surface area (Å²) in [6.07, 6.45) is 1.77. The second kappa shape index (κ2) is 6.24. The minimum absolute atomic E-state index is 0.123. The van der Waals surface area contributed by atoms with E-state index in [2.05, 4.69) is 15.2 Å². The fraction of sp³-hybridized carbons (Fsp3) is 0.0526. The predicted molar refractivity (Wildman–Crippen MR) is 92.4 cm³/mol. The number of methoxy groups -OCH3 is 1. The first-order valence-electron chi connectivity index (χ1n) is 7.65. The maximum Gasteiger partial charge on any atom is 0.219 e. The van der Waals surface area contributed by atoms with Gasteiger partial charge in [0.1, 0.15) is 5.75 Å². The van der Waals surface area contributed by atoms with Gasteiger partial charge in [0.15, 0.2) is 11.6 Å². The minimum Gasteiger partial charge on any atom is -0.494 e. The fourth-order valence-electron chi connectivity index (χ4n) is 2.55. The van der Waals surface area contributed by atoms with Crippen LogP contribution in [0.2, 0.25) is 0 Å². The smallest absolute Gasteiger partial charge is 0.219 e. The number of pyridine rings is 1. The van der Waals surface area contributed by atoms with Gasteiger partial charge >= 0.3 is 0 Å². The van der Waals surface area contributed by atoms with Gasteiger partial charge in [-0.15, -0.1) is 0 Å². The third-order valence-electron chi connectivity index (χ3n) is 3.81. The number of fused-ring (bicyclic) bond motifs is 1. The number of nitrogens with one attached hydrogen (secondary N) is 1. The number of halogens is 1. The average Bonchev–Trinajstić information content (AvgIpc) is 3.11. The van der Waals surface area contributed by atoms with Crippen LogP contribution in [-0.2, 0) is 0 Å². The number of rotatable bonds is 4. The van der Waals surface area contributed by atoms with Crippen molar-refractivity contribution in [3.63, 3.8) is 0 Å². The molecule has 0 saturated carbocycles. The first-order valence-corrected chi connectivity index (χ1v) is 7.65. The number of benzene rings is 2. The molecule has 6 heteroatoms. The van der Waals surface area contributed by atoms with Crippen molar-refractivity contribution >= 4 is 10.9 Å². The van der Waals surface area contributed by atoms with Gasteiger partial charge in [-0.1, -0.05) is 18.2 Å². The number of aromatic nitrogens is 3. The highest BCUT2D eigenvalue weighted by Crippen LogP contribution is 2.28. The van der Waals surface area contributed by atoms with Crippen molar-refractivity contribution in [2.24, 2.45) is 0 Å². The van der Waals surface area contributed by atoms with Crippen LogP contribution in [0.3, 0.4) is 0 Å². The molecule has 4 aromatic rings. The van der Waals surface area contributed by atoms with Crippen molar-refractivity contribution in [1.29, 1.82) is 0 Å². The molecule has 0 aliphatic heterocycles. The van der Waals surface area contributed by atoms with E-state index in [-0.39, 0.29) is 5.75 Å². The van der Waals surface area contributed by atoms with Crippen LogP contribution in [0.4, 0.5) is 4.39 Å². The van der Waals surface area contributed by atoms with Gasteiger partial charge in [-0.25, -0.2) is 9.37 Å². The number of hydrogen-bond donors (Lipinski definition) is 1. The molecule has 0 aliphatic rings. The SMILES string of the molecule is COc1cc(Oc2cccc(-c3ccc4cn[nH]c4c3)n2)ccc1F. The van der Waals surface area contributed by atoms with Gasteiger partial charge < -0.3 is 9.47 Å². The van der Waals surface area contributed by atoms with E-state index in [4.69, 9.17) is 9.47 Å². The Hall–Kier alpha value is -3.41. The van der Waals surface area contributed by atoms with E-state index >= 15 is 0 Å². The lowest BCUT2D eigenvalue weighted by Gasteiger charge is -2.09. The molecule has 2 aromatic heterocycles. The molecule has 2 aromatic carbocycles. The summed E-state index contributed by atoms with van der Waals surface area (Å²) in [5.41, 5.74) is 2.65. The lowest BCUT2D eigenvalue weighted by molar-refractivity contribution is 0.380. The average molecular weight is 335 g/mol. The summed E-state index contributed by atoms with van der Waals surface area (Å²) in [6.45, 7) is 0. The van der Waals surface area contributed by atoms with E-state index in [0.717, 1.165) is 22.2 Å². The second-order valence-corrected chi connectivity index (χ2v) is 5.43. The highest BCUT2D eigenvalue weighted by atomic mass is 19.1. The van der Waals surface area contributed by atoms with Crippen molar-refractivity contribution in [2.45, 2.75) is 0 Å². The summed E-state index contributed by atoms with van der Waals surface area (Å²) >= 11 is 0. The fourth-order valence-corrected chi connectivity index (χ4v) is 2.55. The maximum atomic E-state index is 13.5. The Labute approximate surface area is 143 Å². The summed E-state index contributed by atoms with van der Waals surface area (Å²) in [5, 5.41) is 8.00. The van der Waals surface area contributed by atoms with E-state index in [1.54, 1.807) is 12.3 Å². The van der Waals surface area contributed by atoms with Crippen molar-refractivity contribution in [1.82, 2.24) is 15.2 Å². The molecule has 0 aliphatic carbocycles. The molecule has 0 saturated heterocycles. The maximum absolute atomic E-state index is 13.5. The molecule has 0 bridgehead atoms. The Morgan fingerprint density at radius 2 is 1.96 bits per heavy atom. The molecule has 0 unspecified atom stereocenters. The molecule has 1 N–H and O–H groups in total. The summed E-state index contributed by atoms with van der Waals surface area (Å²) in [7, 11) is 1.41. The third kappa shape index (κ3) is 3.01. The van der Waals surface area contributed by atoms with Crippen molar-refractivity contribution in [2.75, 3.05) is 7.11 Å². The van der Waals surface area contributed by atoms with Crippen molar-refractivity contribution in [3.8, 4) is 28.6 Å². The van der Waals surface area contributed by atoms with Crippen LogP contribution in [0.25, 0.3) is 22.2 Å². The van der Waals surface area contributed by atoms with E-state index < -0.39 is 5.82 Å². The van der Waals surface area contributed by atoms with Gasteiger partial charge in [0, 0.05) is 23.1 Å². The van der Waals surface area contributed by atoms with Gasteiger partial charge in [-0.3, -0.25) is 5.10 Å². The highest BCUT2D eigenvalue weighted by Gasteiger charge is 2.08. The van der Waals surface area contributed by atoms with Gasteiger partial charge in [0.05, 0.1) is 24.5 Å². The predicted octanol–water partition coefficient (Wildman–Crippen LogP) is 4.56. The number of ether oxygens (including phenoxy) is 2. The first-order chi connectivity index (χ1) is 12.2. The number of hydrogen-bond acceptors (Lipinski definition) is 4. The Kier molecular flexibility index (Phi) is 3.78. The van der Waals surface area contributed by atoms with Crippen molar-refractivity contribution in [3.05, 3.63) is 66.6 Å². The Balaban J connectivity index is 1.65. The number of H-pyrrole nitrogens is 1. The van der Waals surface area contributed by atoms with Gasteiger partial charge in [-0.05, 0) is 24.3 Å². The Morgan fingerprint density at radius 3 is 2.84 bits per heavy atom.